The van der Waals surface area contributed by atoms with Crippen LogP contribution in [0.4, 0.5) is 5.00 Å². The largest absolute Gasteiger partial charge is 0.485 e. The Morgan fingerprint density at radius 2 is 1.93 bits per heavy atom. The highest BCUT2D eigenvalue weighted by Gasteiger charge is 2.29. The van der Waals surface area contributed by atoms with Gasteiger partial charge in [0.25, 0.3) is 5.91 Å². The topological polar surface area (TPSA) is 100 Å². The lowest BCUT2D eigenvalue weighted by atomic mass is 10.2. The molecule has 3 rings (SSSR count). The Morgan fingerprint density at radius 1 is 1.17 bits per heavy atom. The lowest BCUT2D eigenvalue weighted by Crippen LogP contribution is -2.39. The molecule has 0 unspecified atom stereocenters. The Labute approximate surface area is 171 Å². The molecule has 29 heavy (non-hydrogen) atoms. The summed E-state index contributed by atoms with van der Waals surface area (Å²) >= 11 is 1.28. The van der Waals surface area contributed by atoms with Gasteiger partial charge in [-0.05, 0) is 31.5 Å². The van der Waals surface area contributed by atoms with E-state index in [1.54, 1.807) is 37.3 Å². The van der Waals surface area contributed by atoms with E-state index in [1.165, 1.54) is 11.3 Å². The summed E-state index contributed by atoms with van der Waals surface area (Å²) in [6.07, 6.45) is -0.246. The Bertz CT molecular complexity index is 908. The number of hydrogen-bond acceptors (Lipinski definition) is 8. The number of anilines is 1. The van der Waals surface area contributed by atoms with Crippen LogP contribution in [0.15, 0.2) is 30.3 Å². The molecular formula is C20H21NO7S. The molecule has 1 atom stereocenters. The van der Waals surface area contributed by atoms with Gasteiger partial charge in [0, 0.05) is 4.88 Å². The van der Waals surface area contributed by atoms with Gasteiger partial charge in [0.1, 0.15) is 11.6 Å². The van der Waals surface area contributed by atoms with Gasteiger partial charge < -0.3 is 24.3 Å². The summed E-state index contributed by atoms with van der Waals surface area (Å²) in [5.74, 6) is -0.798. The normalized spacial score (nSPS) is 14.8. The number of amides is 1. The predicted molar refractivity (Wildman–Crippen MR) is 106 cm³/mol. The van der Waals surface area contributed by atoms with E-state index in [9.17, 15) is 14.4 Å². The zero-order valence-corrected chi connectivity index (χ0v) is 16.9. The lowest BCUT2D eigenvalue weighted by molar-refractivity contribution is -0.156. The summed E-state index contributed by atoms with van der Waals surface area (Å²) < 4.78 is 21.1. The van der Waals surface area contributed by atoms with Crippen molar-refractivity contribution in [3.05, 3.63) is 40.8 Å². The molecule has 9 heteroatoms. The van der Waals surface area contributed by atoms with Crippen molar-refractivity contribution in [2.24, 2.45) is 0 Å². The molecule has 2 aromatic rings. The average molecular weight is 419 g/mol. The average Bonchev–Trinajstić information content (AvgIpc) is 3.14. The molecule has 0 radical (unpaired) electrons. The highest BCUT2D eigenvalue weighted by molar-refractivity contribution is 7.16. The number of rotatable bonds is 7. The Morgan fingerprint density at radius 3 is 2.66 bits per heavy atom. The first-order valence-electron chi connectivity index (χ1n) is 9.16. The number of ether oxygens (including phenoxy) is 4. The lowest BCUT2D eigenvalue weighted by Gasteiger charge is -2.24. The van der Waals surface area contributed by atoms with E-state index in [4.69, 9.17) is 18.9 Å². The fourth-order valence-electron chi connectivity index (χ4n) is 2.60. The first-order chi connectivity index (χ1) is 14.0. The van der Waals surface area contributed by atoms with Crippen LogP contribution in [-0.4, -0.2) is 43.8 Å². The van der Waals surface area contributed by atoms with Gasteiger partial charge >= 0.3 is 11.9 Å². The van der Waals surface area contributed by atoms with E-state index in [1.807, 2.05) is 6.92 Å². The van der Waals surface area contributed by atoms with Crippen molar-refractivity contribution in [2.75, 3.05) is 25.1 Å². The van der Waals surface area contributed by atoms with Crippen molar-refractivity contribution in [1.82, 2.24) is 0 Å². The number of benzene rings is 1. The molecule has 1 amide bonds. The molecule has 8 nitrogen and oxygen atoms in total. The number of fused-ring (bicyclic) bond motifs is 1. The number of hydrogen-bond donors (Lipinski definition) is 1. The minimum absolute atomic E-state index is 0.00471. The van der Waals surface area contributed by atoms with Crippen molar-refractivity contribution in [3.63, 3.8) is 0 Å². The van der Waals surface area contributed by atoms with E-state index in [0.717, 1.165) is 4.88 Å². The van der Waals surface area contributed by atoms with Gasteiger partial charge in [0.05, 0.1) is 12.2 Å². The van der Waals surface area contributed by atoms with Crippen molar-refractivity contribution in [3.8, 4) is 11.5 Å². The van der Waals surface area contributed by atoms with Gasteiger partial charge in [-0.25, -0.2) is 9.59 Å². The van der Waals surface area contributed by atoms with Crippen molar-refractivity contribution in [1.29, 1.82) is 0 Å². The maximum absolute atomic E-state index is 12.2. The zero-order chi connectivity index (χ0) is 20.8. The summed E-state index contributed by atoms with van der Waals surface area (Å²) in [7, 11) is 0. The van der Waals surface area contributed by atoms with Crippen LogP contribution in [0.25, 0.3) is 0 Å². The van der Waals surface area contributed by atoms with E-state index in [2.05, 4.69) is 5.32 Å². The monoisotopic (exact) mass is 419 g/mol. The number of para-hydroxylation sites is 2. The first-order valence-corrected chi connectivity index (χ1v) is 9.98. The third-order valence-electron chi connectivity index (χ3n) is 4.00. The summed E-state index contributed by atoms with van der Waals surface area (Å²) in [6, 6.07) is 8.66. The molecule has 1 aromatic heterocycles. The predicted octanol–water partition coefficient (Wildman–Crippen LogP) is 2.81. The Hall–Kier alpha value is -3.07. The quantitative estimate of drug-likeness (QED) is 0.689. The van der Waals surface area contributed by atoms with Crippen molar-refractivity contribution in [2.45, 2.75) is 26.4 Å². The molecule has 0 bridgehead atoms. The van der Waals surface area contributed by atoms with E-state index >= 15 is 0 Å². The molecule has 0 fully saturated rings. The van der Waals surface area contributed by atoms with Gasteiger partial charge in [0.15, 0.2) is 18.1 Å². The van der Waals surface area contributed by atoms with E-state index in [0.29, 0.717) is 22.9 Å². The number of nitrogens with one attached hydrogen (secondary N) is 1. The smallest absolute Gasteiger partial charge is 0.351 e. The fourth-order valence-corrected chi connectivity index (χ4v) is 3.60. The van der Waals surface area contributed by atoms with Crippen LogP contribution in [0.5, 0.6) is 11.5 Å². The minimum Gasteiger partial charge on any atom is -0.485 e. The van der Waals surface area contributed by atoms with Crippen LogP contribution in [0.3, 0.4) is 0 Å². The van der Waals surface area contributed by atoms with Gasteiger partial charge in [-0.2, -0.15) is 0 Å². The van der Waals surface area contributed by atoms with Crippen LogP contribution in [0, 0.1) is 0 Å². The highest BCUT2D eigenvalue weighted by Crippen LogP contribution is 2.31. The Kier molecular flexibility index (Phi) is 6.71. The SMILES string of the molecule is CCOC(=O)c1cc(CC)sc1NC(=O)COC(=O)[C@@H]1COc2ccccc2O1. The van der Waals surface area contributed by atoms with Crippen LogP contribution in [-0.2, 0) is 25.5 Å². The molecule has 0 saturated heterocycles. The number of carbonyl (C=O) groups excluding carboxylic acids is 3. The third-order valence-corrected chi connectivity index (χ3v) is 5.19. The molecule has 154 valence electrons. The first kappa shape index (κ1) is 20.7. The second kappa shape index (κ2) is 9.42. The second-order valence-corrected chi connectivity index (χ2v) is 7.19. The molecule has 0 aliphatic carbocycles. The van der Waals surface area contributed by atoms with Crippen LogP contribution in [0.1, 0.15) is 29.1 Å². The molecular weight excluding hydrogens is 398 g/mol. The van der Waals surface area contributed by atoms with Crippen molar-refractivity contribution >= 4 is 34.2 Å². The molecule has 0 saturated carbocycles. The summed E-state index contributed by atoms with van der Waals surface area (Å²) in [5.41, 5.74) is 0.286. The number of carbonyl (C=O) groups is 3. The number of esters is 2. The van der Waals surface area contributed by atoms with E-state index in [-0.39, 0.29) is 18.8 Å². The van der Waals surface area contributed by atoms with Gasteiger partial charge in [-0.1, -0.05) is 19.1 Å². The van der Waals surface area contributed by atoms with Crippen LogP contribution in [0.2, 0.25) is 0 Å². The van der Waals surface area contributed by atoms with Crippen molar-refractivity contribution < 1.29 is 33.3 Å². The fraction of sp³-hybridized carbons (Fsp3) is 0.350. The Balaban J connectivity index is 1.56. The highest BCUT2D eigenvalue weighted by atomic mass is 32.1. The van der Waals surface area contributed by atoms with E-state index < -0.39 is 30.6 Å². The molecule has 0 spiro atoms. The molecule has 1 aliphatic heterocycles. The van der Waals surface area contributed by atoms with Gasteiger partial charge in [-0.3, -0.25) is 4.79 Å². The number of thiophene rings is 1. The minimum atomic E-state index is -0.957. The maximum atomic E-state index is 12.2. The number of aryl methyl sites for hydroxylation is 1. The molecule has 1 N–H and O–H groups in total. The zero-order valence-electron chi connectivity index (χ0n) is 16.1. The van der Waals surface area contributed by atoms with Crippen LogP contribution < -0.4 is 14.8 Å². The molecule has 1 aromatic carbocycles. The van der Waals surface area contributed by atoms with Gasteiger partial charge in [-0.15, -0.1) is 11.3 Å². The second-order valence-electron chi connectivity index (χ2n) is 6.05. The molecule has 1 aliphatic rings. The van der Waals surface area contributed by atoms with Gasteiger partial charge in [0.2, 0.25) is 6.10 Å². The van der Waals surface area contributed by atoms with Crippen LogP contribution >= 0.6 is 11.3 Å². The summed E-state index contributed by atoms with van der Waals surface area (Å²) in [4.78, 5) is 37.4. The standard InChI is InChI=1S/C20H21NO7S/c1-3-12-9-13(19(23)25-4-2)18(29-12)21-17(22)11-27-20(24)16-10-26-14-7-5-6-8-15(14)28-16/h5-9,16H,3-4,10-11H2,1-2H3,(H,21,22)/t16-/m0/s1. The maximum Gasteiger partial charge on any atom is 0.351 e. The third kappa shape index (κ3) is 5.05. The molecule has 2 heterocycles. The summed E-state index contributed by atoms with van der Waals surface area (Å²) in [6.45, 7) is 3.36. The summed E-state index contributed by atoms with van der Waals surface area (Å²) in [5, 5.41) is 2.98.